The minimum Gasteiger partial charge on any atom is -0.391 e. The van der Waals surface area contributed by atoms with E-state index in [9.17, 15) is 9.90 Å². The molecule has 2 N–H and O–H groups in total. The van der Waals surface area contributed by atoms with Gasteiger partial charge in [0.05, 0.1) is 6.10 Å². The third kappa shape index (κ3) is 2.93. The van der Waals surface area contributed by atoms with E-state index in [2.05, 4.69) is 10.3 Å². The highest BCUT2D eigenvalue weighted by Gasteiger charge is 2.14. The molecule has 19 heavy (non-hydrogen) atoms. The monoisotopic (exact) mass is 261 g/mol. The predicted octanol–water partition coefficient (Wildman–Crippen LogP) is 1.39. The fraction of sp³-hybridized carbons (Fsp3) is 0.429. The van der Waals surface area contributed by atoms with Gasteiger partial charge in [-0.2, -0.15) is 0 Å². The Morgan fingerprint density at radius 1 is 1.47 bits per heavy atom. The molecule has 1 atom stereocenters. The average molecular weight is 261 g/mol. The minimum atomic E-state index is -0.539. The summed E-state index contributed by atoms with van der Waals surface area (Å²) in [4.78, 5) is 16.2. The smallest absolute Gasteiger partial charge is 0.271 e. The molecule has 5 heteroatoms. The molecule has 0 aliphatic heterocycles. The molecule has 0 aromatic carbocycles. The maximum Gasteiger partial charge on any atom is 0.271 e. The summed E-state index contributed by atoms with van der Waals surface area (Å²) in [7, 11) is 0. The number of hydrogen-bond donors (Lipinski definition) is 2. The summed E-state index contributed by atoms with van der Waals surface area (Å²) >= 11 is 0. The van der Waals surface area contributed by atoms with E-state index in [0.717, 1.165) is 11.3 Å². The lowest BCUT2D eigenvalue weighted by Crippen LogP contribution is -2.34. The van der Waals surface area contributed by atoms with Gasteiger partial charge in [0.2, 0.25) is 0 Å². The van der Waals surface area contributed by atoms with Gasteiger partial charge in [0.25, 0.3) is 5.91 Å². The van der Waals surface area contributed by atoms with Crippen LogP contribution in [-0.4, -0.2) is 33.0 Å². The van der Waals surface area contributed by atoms with Gasteiger partial charge in [-0.05, 0) is 25.0 Å². The number of amides is 1. The summed E-state index contributed by atoms with van der Waals surface area (Å²) in [6.45, 7) is 6.01. The van der Waals surface area contributed by atoms with Gasteiger partial charge in [0, 0.05) is 18.4 Å². The highest BCUT2D eigenvalue weighted by Crippen LogP contribution is 2.08. The van der Waals surface area contributed by atoms with Crippen LogP contribution in [0.5, 0.6) is 0 Å². The van der Waals surface area contributed by atoms with Crippen LogP contribution in [0.25, 0.3) is 5.65 Å². The average Bonchev–Trinajstić information content (AvgIpc) is 2.80. The first kappa shape index (κ1) is 13.5. The molecule has 0 spiro atoms. The molecule has 102 valence electrons. The van der Waals surface area contributed by atoms with Crippen LogP contribution < -0.4 is 5.32 Å². The summed E-state index contributed by atoms with van der Waals surface area (Å²) in [6.07, 6.45) is 1.17. The normalized spacial score (nSPS) is 12.9. The van der Waals surface area contributed by atoms with E-state index in [-0.39, 0.29) is 18.4 Å². The molecule has 0 bridgehead atoms. The van der Waals surface area contributed by atoms with E-state index in [0.29, 0.717) is 5.69 Å². The quantitative estimate of drug-likeness (QED) is 0.874. The zero-order chi connectivity index (χ0) is 14.0. The number of carbonyl (C=O) groups excluding carboxylic acids is 1. The largest absolute Gasteiger partial charge is 0.391 e. The minimum absolute atomic E-state index is 0.114. The van der Waals surface area contributed by atoms with E-state index < -0.39 is 6.10 Å². The lowest BCUT2D eigenvalue weighted by atomic mass is 10.1. The zero-order valence-electron chi connectivity index (χ0n) is 11.4. The molecule has 0 aliphatic rings. The molecule has 0 aliphatic carbocycles. The van der Waals surface area contributed by atoms with E-state index in [1.54, 1.807) is 6.20 Å². The fourth-order valence-corrected chi connectivity index (χ4v) is 1.78. The Labute approximate surface area is 112 Å². The Hall–Kier alpha value is -1.88. The van der Waals surface area contributed by atoms with Crippen LogP contribution in [0.2, 0.25) is 0 Å². The number of aromatic nitrogens is 2. The Balaban J connectivity index is 2.12. The summed E-state index contributed by atoms with van der Waals surface area (Å²) in [5.41, 5.74) is 2.13. The maximum absolute atomic E-state index is 12.0. The number of aliphatic hydroxyl groups excluding tert-OH is 1. The molecule has 0 radical (unpaired) electrons. The zero-order valence-corrected chi connectivity index (χ0v) is 11.4. The van der Waals surface area contributed by atoms with Crippen molar-refractivity contribution in [1.82, 2.24) is 14.7 Å². The van der Waals surface area contributed by atoms with Crippen LogP contribution in [0.15, 0.2) is 24.4 Å². The second-order valence-electron chi connectivity index (χ2n) is 5.04. The molecule has 2 heterocycles. The fourth-order valence-electron chi connectivity index (χ4n) is 1.78. The van der Waals surface area contributed by atoms with Crippen LogP contribution in [0.4, 0.5) is 0 Å². The van der Waals surface area contributed by atoms with E-state index in [1.807, 2.05) is 43.4 Å². The second-order valence-corrected chi connectivity index (χ2v) is 5.04. The van der Waals surface area contributed by atoms with Crippen molar-refractivity contribution in [3.63, 3.8) is 0 Å². The lowest BCUT2D eigenvalue weighted by molar-refractivity contribution is 0.0867. The Morgan fingerprint density at radius 3 is 2.84 bits per heavy atom. The molecule has 1 amide bonds. The second kappa shape index (κ2) is 5.40. The van der Waals surface area contributed by atoms with Crippen molar-refractivity contribution in [1.29, 1.82) is 0 Å². The van der Waals surface area contributed by atoms with Crippen molar-refractivity contribution in [2.75, 3.05) is 6.54 Å². The molecule has 0 fully saturated rings. The van der Waals surface area contributed by atoms with Crippen LogP contribution in [-0.2, 0) is 0 Å². The van der Waals surface area contributed by atoms with Crippen molar-refractivity contribution in [3.05, 3.63) is 35.8 Å². The molecule has 2 aromatic rings. The topological polar surface area (TPSA) is 66.6 Å². The molecule has 5 nitrogen and oxygen atoms in total. The lowest BCUT2D eigenvalue weighted by Gasteiger charge is -2.14. The van der Waals surface area contributed by atoms with Gasteiger partial charge in [-0.1, -0.05) is 19.9 Å². The predicted molar refractivity (Wildman–Crippen MR) is 73.1 cm³/mol. The summed E-state index contributed by atoms with van der Waals surface area (Å²) < 4.78 is 1.87. The molecule has 2 rings (SSSR count). The molecule has 2 aromatic heterocycles. The highest BCUT2D eigenvalue weighted by molar-refractivity contribution is 5.92. The van der Waals surface area contributed by atoms with Crippen LogP contribution in [0.3, 0.4) is 0 Å². The standard InChI is InChI=1S/C14H19N3O2/c1-9(2)12(18)7-15-14(19)11-8-17-10(3)5-4-6-13(17)16-11/h4-6,8-9,12,18H,7H2,1-3H3,(H,15,19). The summed E-state index contributed by atoms with van der Waals surface area (Å²) in [5, 5.41) is 12.4. The molecule has 0 saturated heterocycles. The van der Waals surface area contributed by atoms with E-state index in [4.69, 9.17) is 0 Å². The Morgan fingerprint density at radius 2 is 2.21 bits per heavy atom. The highest BCUT2D eigenvalue weighted by atomic mass is 16.3. The Bertz CT molecular complexity index is 589. The first-order valence-corrected chi connectivity index (χ1v) is 6.40. The van der Waals surface area contributed by atoms with Crippen molar-refractivity contribution in [2.45, 2.75) is 26.9 Å². The number of fused-ring (bicyclic) bond motifs is 1. The number of rotatable bonds is 4. The van der Waals surface area contributed by atoms with Crippen LogP contribution in [0, 0.1) is 12.8 Å². The van der Waals surface area contributed by atoms with Gasteiger partial charge >= 0.3 is 0 Å². The first-order valence-electron chi connectivity index (χ1n) is 6.40. The van der Waals surface area contributed by atoms with E-state index in [1.165, 1.54) is 0 Å². The van der Waals surface area contributed by atoms with Gasteiger partial charge in [-0.15, -0.1) is 0 Å². The van der Waals surface area contributed by atoms with Gasteiger partial charge < -0.3 is 14.8 Å². The number of nitrogens with zero attached hydrogens (tertiary/aromatic N) is 2. The van der Waals surface area contributed by atoms with Crippen molar-refractivity contribution in [2.24, 2.45) is 5.92 Å². The number of carbonyl (C=O) groups is 1. The molecular formula is C14H19N3O2. The first-order chi connectivity index (χ1) is 8.99. The van der Waals surface area contributed by atoms with Gasteiger partial charge in [0.15, 0.2) is 0 Å². The number of nitrogens with one attached hydrogen (secondary N) is 1. The van der Waals surface area contributed by atoms with Crippen molar-refractivity contribution in [3.8, 4) is 0 Å². The molecule has 1 unspecified atom stereocenters. The SMILES string of the molecule is Cc1cccc2nc(C(=O)NCC(O)C(C)C)cn12. The third-order valence-electron chi connectivity index (χ3n) is 3.17. The van der Waals surface area contributed by atoms with Gasteiger partial charge in [-0.3, -0.25) is 4.79 Å². The van der Waals surface area contributed by atoms with E-state index >= 15 is 0 Å². The number of hydrogen-bond acceptors (Lipinski definition) is 3. The molecule has 0 saturated carbocycles. The van der Waals surface area contributed by atoms with Crippen molar-refractivity contribution >= 4 is 11.6 Å². The maximum atomic E-state index is 12.0. The number of imidazole rings is 1. The van der Waals surface area contributed by atoms with Gasteiger partial charge in [-0.25, -0.2) is 4.98 Å². The van der Waals surface area contributed by atoms with Crippen molar-refractivity contribution < 1.29 is 9.90 Å². The third-order valence-corrected chi connectivity index (χ3v) is 3.17. The van der Waals surface area contributed by atoms with Crippen LogP contribution >= 0.6 is 0 Å². The van der Waals surface area contributed by atoms with Crippen LogP contribution in [0.1, 0.15) is 30.0 Å². The number of aryl methyl sites for hydroxylation is 1. The summed E-state index contributed by atoms with van der Waals surface area (Å²) in [5.74, 6) is -0.147. The Kier molecular flexibility index (Phi) is 3.85. The number of aliphatic hydroxyl groups is 1. The number of pyridine rings is 1. The van der Waals surface area contributed by atoms with Gasteiger partial charge in [0.1, 0.15) is 11.3 Å². The molecular weight excluding hydrogens is 242 g/mol. The summed E-state index contributed by atoms with van der Waals surface area (Å²) in [6, 6.07) is 5.72.